The summed E-state index contributed by atoms with van der Waals surface area (Å²) >= 11 is 0. The average Bonchev–Trinajstić information content (AvgIpc) is 2.71. The van der Waals surface area contributed by atoms with E-state index in [1.54, 1.807) is 42.5 Å². The lowest BCUT2D eigenvalue weighted by molar-refractivity contribution is -0.137. The summed E-state index contributed by atoms with van der Waals surface area (Å²) in [7, 11) is -3.77. The van der Waals surface area contributed by atoms with Gasteiger partial charge in [0.25, 0.3) is 5.91 Å². The second-order valence-electron chi connectivity index (χ2n) is 6.81. The molecule has 0 aliphatic rings. The van der Waals surface area contributed by atoms with Gasteiger partial charge >= 0.3 is 6.18 Å². The van der Waals surface area contributed by atoms with Crippen LogP contribution in [0.15, 0.2) is 78.9 Å². The molecular formula is C22H19F3N2O3S. The number of hydrogen-bond donors (Lipinski definition) is 1. The highest BCUT2D eigenvalue weighted by Gasteiger charge is 2.30. The summed E-state index contributed by atoms with van der Waals surface area (Å²) in [5.74, 6) is -0.725. The molecule has 3 aromatic carbocycles. The molecule has 5 nitrogen and oxygen atoms in total. The van der Waals surface area contributed by atoms with Crippen LogP contribution in [0.2, 0.25) is 0 Å². The molecule has 3 rings (SSSR count). The standard InChI is InChI=1S/C22H19F3N2O3S/c1-31(29,30)27(15-16-8-3-2-4-9-16)20-13-6-5-12-19(20)21(28)26-18-11-7-10-17(14-18)22(23,24)25/h2-14H,15H2,1H3,(H,26,28). The van der Waals surface area contributed by atoms with Crippen molar-refractivity contribution in [3.8, 4) is 0 Å². The zero-order valence-electron chi connectivity index (χ0n) is 16.4. The molecule has 0 aliphatic carbocycles. The Labute approximate surface area is 178 Å². The quantitative estimate of drug-likeness (QED) is 0.582. The number of para-hydroxylation sites is 1. The number of halogens is 3. The first-order valence-electron chi connectivity index (χ1n) is 9.15. The predicted octanol–water partition coefficient (Wildman–Crippen LogP) is 4.92. The molecule has 162 valence electrons. The molecule has 1 amide bonds. The van der Waals surface area contributed by atoms with Crippen LogP contribution in [0.4, 0.5) is 24.5 Å². The molecule has 0 saturated heterocycles. The van der Waals surface area contributed by atoms with E-state index in [0.717, 1.165) is 22.7 Å². The number of anilines is 2. The summed E-state index contributed by atoms with van der Waals surface area (Å²) in [5.41, 5.74) is -0.107. The number of rotatable bonds is 6. The van der Waals surface area contributed by atoms with Crippen LogP contribution in [0.25, 0.3) is 0 Å². The molecule has 0 bridgehead atoms. The van der Waals surface area contributed by atoms with E-state index in [2.05, 4.69) is 5.32 Å². The summed E-state index contributed by atoms with van der Waals surface area (Å²) in [4.78, 5) is 12.9. The molecule has 31 heavy (non-hydrogen) atoms. The number of hydrogen-bond acceptors (Lipinski definition) is 3. The van der Waals surface area contributed by atoms with E-state index in [9.17, 15) is 26.4 Å². The SMILES string of the molecule is CS(=O)(=O)N(Cc1ccccc1)c1ccccc1C(=O)Nc1cccc(C(F)(F)F)c1. The van der Waals surface area contributed by atoms with Crippen LogP contribution < -0.4 is 9.62 Å². The highest BCUT2D eigenvalue weighted by molar-refractivity contribution is 7.92. The number of nitrogens with one attached hydrogen (secondary N) is 1. The summed E-state index contributed by atoms with van der Waals surface area (Å²) in [6.07, 6.45) is -3.53. The van der Waals surface area contributed by atoms with E-state index in [1.807, 2.05) is 0 Å². The summed E-state index contributed by atoms with van der Waals surface area (Å²) < 4.78 is 64.9. The number of nitrogens with zero attached hydrogens (tertiary/aromatic N) is 1. The largest absolute Gasteiger partial charge is 0.416 e. The zero-order valence-corrected chi connectivity index (χ0v) is 17.2. The van der Waals surface area contributed by atoms with Crippen molar-refractivity contribution in [2.45, 2.75) is 12.7 Å². The summed E-state index contributed by atoms with van der Waals surface area (Å²) in [6, 6.07) is 19.1. The third kappa shape index (κ3) is 5.64. The molecule has 0 radical (unpaired) electrons. The van der Waals surface area contributed by atoms with Crippen LogP contribution in [0, 0.1) is 0 Å². The van der Waals surface area contributed by atoms with Crippen LogP contribution >= 0.6 is 0 Å². The van der Waals surface area contributed by atoms with Gasteiger partial charge in [-0.2, -0.15) is 13.2 Å². The second-order valence-corrected chi connectivity index (χ2v) is 8.71. The van der Waals surface area contributed by atoms with Gasteiger partial charge in [0.15, 0.2) is 0 Å². The molecule has 9 heteroatoms. The van der Waals surface area contributed by atoms with E-state index in [1.165, 1.54) is 24.3 Å². The summed E-state index contributed by atoms with van der Waals surface area (Å²) in [6.45, 7) is -0.00642. The molecule has 0 saturated carbocycles. The van der Waals surface area contributed by atoms with E-state index < -0.39 is 27.7 Å². The van der Waals surface area contributed by atoms with E-state index in [4.69, 9.17) is 0 Å². The monoisotopic (exact) mass is 448 g/mol. The Morgan fingerprint density at radius 2 is 1.58 bits per heavy atom. The minimum Gasteiger partial charge on any atom is -0.322 e. The molecule has 3 aromatic rings. The minimum absolute atomic E-state index is 0.00642. The highest BCUT2D eigenvalue weighted by atomic mass is 32.2. The van der Waals surface area contributed by atoms with Crippen molar-refractivity contribution >= 4 is 27.3 Å². The van der Waals surface area contributed by atoms with Crippen LogP contribution in [-0.4, -0.2) is 20.6 Å². The van der Waals surface area contributed by atoms with Crippen LogP contribution in [0.5, 0.6) is 0 Å². The lowest BCUT2D eigenvalue weighted by Gasteiger charge is -2.25. The Hall–Kier alpha value is -3.33. The molecule has 0 atom stereocenters. The normalized spacial score (nSPS) is 11.7. The maximum Gasteiger partial charge on any atom is 0.416 e. The minimum atomic E-state index is -4.55. The molecule has 0 heterocycles. The van der Waals surface area contributed by atoms with Crippen LogP contribution in [0.1, 0.15) is 21.5 Å². The Kier molecular flexibility index (Phi) is 6.35. The third-order valence-electron chi connectivity index (χ3n) is 4.43. The molecule has 0 aliphatic heterocycles. The van der Waals surface area contributed by atoms with E-state index >= 15 is 0 Å². The van der Waals surface area contributed by atoms with Gasteiger partial charge in [-0.15, -0.1) is 0 Å². The van der Waals surface area contributed by atoms with Gasteiger partial charge in [-0.1, -0.05) is 48.5 Å². The van der Waals surface area contributed by atoms with Crippen molar-refractivity contribution in [3.63, 3.8) is 0 Å². The fraction of sp³-hybridized carbons (Fsp3) is 0.136. The van der Waals surface area contributed by atoms with Gasteiger partial charge < -0.3 is 5.32 Å². The van der Waals surface area contributed by atoms with E-state index in [-0.39, 0.29) is 23.5 Å². The maximum atomic E-state index is 13.0. The average molecular weight is 448 g/mol. The first-order valence-corrected chi connectivity index (χ1v) is 11.0. The molecule has 0 fully saturated rings. The highest BCUT2D eigenvalue weighted by Crippen LogP contribution is 2.31. The van der Waals surface area contributed by atoms with Crippen LogP contribution in [0.3, 0.4) is 0 Å². The summed E-state index contributed by atoms with van der Waals surface area (Å²) in [5, 5.41) is 2.42. The number of carbonyl (C=O) groups excluding carboxylic acids is 1. The van der Waals surface area contributed by atoms with E-state index in [0.29, 0.717) is 5.56 Å². The fourth-order valence-corrected chi connectivity index (χ4v) is 3.89. The number of amides is 1. The van der Waals surface area contributed by atoms with Gasteiger partial charge in [0.05, 0.1) is 29.6 Å². The van der Waals surface area contributed by atoms with Gasteiger partial charge in [-0.25, -0.2) is 8.42 Å². The van der Waals surface area contributed by atoms with Gasteiger partial charge in [0.1, 0.15) is 0 Å². The first kappa shape index (κ1) is 22.4. The van der Waals surface area contributed by atoms with Gasteiger partial charge in [0.2, 0.25) is 10.0 Å². The smallest absolute Gasteiger partial charge is 0.322 e. The van der Waals surface area contributed by atoms with Crippen molar-refractivity contribution in [1.82, 2.24) is 0 Å². The Morgan fingerprint density at radius 3 is 2.23 bits per heavy atom. The van der Waals surface area contributed by atoms with Crippen molar-refractivity contribution < 1.29 is 26.4 Å². The van der Waals surface area contributed by atoms with Gasteiger partial charge in [-0.05, 0) is 35.9 Å². The van der Waals surface area contributed by atoms with Crippen molar-refractivity contribution in [3.05, 3.63) is 95.6 Å². The Morgan fingerprint density at radius 1 is 0.935 bits per heavy atom. The maximum absolute atomic E-state index is 13.0. The number of alkyl halides is 3. The fourth-order valence-electron chi connectivity index (χ4n) is 2.99. The molecule has 0 aromatic heterocycles. The number of sulfonamides is 1. The molecular weight excluding hydrogens is 429 g/mol. The van der Waals surface area contributed by atoms with Gasteiger partial charge in [0, 0.05) is 5.69 Å². The molecule has 0 unspecified atom stereocenters. The Bertz CT molecular complexity index is 1180. The van der Waals surface area contributed by atoms with Crippen molar-refractivity contribution in [1.29, 1.82) is 0 Å². The first-order chi connectivity index (χ1) is 14.6. The molecule has 1 N–H and O–H groups in total. The zero-order chi connectivity index (χ0) is 22.6. The van der Waals surface area contributed by atoms with Crippen molar-refractivity contribution in [2.24, 2.45) is 0 Å². The topological polar surface area (TPSA) is 66.5 Å². The van der Waals surface area contributed by atoms with Crippen LogP contribution in [-0.2, 0) is 22.7 Å². The molecule has 0 spiro atoms. The number of carbonyl (C=O) groups is 1. The number of benzene rings is 3. The van der Waals surface area contributed by atoms with Gasteiger partial charge in [-0.3, -0.25) is 9.10 Å². The lowest BCUT2D eigenvalue weighted by atomic mass is 10.1. The Balaban J connectivity index is 1.95. The second kappa shape index (κ2) is 8.81. The van der Waals surface area contributed by atoms with Crippen molar-refractivity contribution in [2.75, 3.05) is 15.9 Å². The lowest BCUT2D eigenvalue weighted by Crippen LogP contribution is -2.31. The third-order valence-corrected chi connectivity index (χ3v) is 5.56. The predicted molar refractivity (Wildman–Crippen MR) is 113 cm³/mol.